The van der Waals surface area contributed by atoms with Gasteiger partial charge in [0.25, 0.3) is 5.91 Å². The highest BCUT2D eigenvalue weighted by atomic mass is 32.1. The summed E-state index contributed by atoms with van der Waals surface area (Å²) in [5, 5.41) is 22.1. The van der Waals surface area contributed by atoms with Gasteiger partial charge in [0.15, 0.2) is 0 Å². The molecular weight excluding hydrogens is 278 g/mol. The Balaban J connectivity index is 2.12. The Morgan fingerprint density at radius 3 is 2.95 bits per heavy atom. The normalized spacial score (nSPS) is 19.2. The molecule has 1 heterocycles. The number of rotatable bonds is 5. The smallest absolute Gasteiger partial charge is 0.326 e. The fourth-order valence-electron chi connectivity index (χ4n) is 2.49. The van der Waals surface area contributed by atoms with E-state index in [1.165, 1.54) is 4.88 Å². The molecule has 1 aliphatic carbocycles. The molecule has 0 saturated carbocycles. The summed E-state index contributed by atoms with van der Waals surface area (Å²) in [6.07, 6.45) is 2.94. The van der Waals surface area contributed by atoms with E-state index in [4.69, 9.17) is 10.2 Å². The van der Waals surface area contributed by atoms with Gasteiger partial charge in [-0.1, -0.05) is 6.92 Å². The number of amides is 1. The predicted octanol–water partition coefficient (Wildman–Crippen LogP) is 1.44. The van der Waals surface area contributed by atoms with Crippen LogP contribution in [0.4, 0.5) is 0 Å². The summed E-state index contributed by atoms with van der Waals surface area (Å²) in [7, 11) is 0. The summed E-state index contributed by atoms with van der Waals surface area (Å²) in [4.78, 5) is 24.4. The van der Waals surface area contributed by atoms with Crippen LogP contribution in [-0.4, -0.2) is 34.7 Å². The van der Waals surface area contributed by atoms with Crippen molar-refractivity contribution < 1.29 is 19.8 Å². The molecule has 6 heteroatoms. The van der Waals surface area contributed by atoms with E-state index in [1.54, 1.807) is 11.3 Å². The molecule has 1 amide bonds. The minimum atomic E-state index is -1.12. The Kier molecular flexibility index (Phi) is 4.77. The first-order valence-corrected chi connectivity index (χ1v) is 7.64. The first-order chi connectivity index (χ1) is 9.52. The molecule has 110 valence electrons. The third-order valence-electron chi connectivity index (χ3n) is 3.67. The summed E-state index contributed by atoms with van der Waals surface area (Å²) < 4.78 is 0. The summed E-state index contributed by atoms with van der Waals surface area (Å²) in [6.45, 7) is 1.93. The zero-order valence-corrected chi connectivity index (χ0v) is 12.2. The Morgan fingerprint density at radius 2 is 2.30 bits per heavy atom. The lowest BCUT2D eigenvalue weighted by molar-refractivity contribution is -0.139. The van der Waals surface area contributed by atoms with Crippen LogP contribution in [0.5, 0.6) is 0 Å². The van der Waals surface area contributed by atoms with Crippen molar-refractivity contribution >= 4 is 23.2 Å². The van der Waals surface area contributed by atoms with Crippen LogP contribution in [0.25, 0.3) is 0 Å². The lowest BCUT2D eigenvalue weighted by Gasteiger charge is -2.19. The minimum Gasteiger partial charge on any atom is -0.480 e. The SMILES string of the molecule is CC1CCc2c(C(=O)N[C@@H](CCO)C(=O)O)csc2C1. The van der Waals surface area contributed by atoms with E-state index < -0.39 is 12.0 Å². The molecule has 3 N–H and O–H groups in total. The van der Waals surface area contributed by atoms with Crippen LogP contribution < -0.4 is 5.32 Å². The molecule has 1 aromatic rings. The van der Waals surface area contributed by atoms with Crippen molar-refractivity contribution in [3.05, 3.63) is 21.4 Å². The van der Waals surface area contributed by atoms with Gasteiger partial charge in [-0.05, 0) is 30.7 Å². The molecule has 0 bridgehead atoms. The standard InChI is InChI=1S/C14H19NO4S/c1-8-2-3-9-10(7-20-12(9)6-8)13(17)15-11(4-5-16)14(18)19/h7-8,11,16H,2-6H2,1H3,(H,15,17)(H,18,19)/t8?,11-/m0/s1. The van der Waals surface area contributed by atoms with Crippen molar-refractivity contribution in [1.82, 2.24) is 5.32 Å². The van der Waals surface area contributed by atoms with Gasteiger partial charge in [0.1, 0.15) is 6.04 Å². The van der Waals surface area contributed by atoms with E-state index in [9.17, 15) is 9.59 Å². The van der Waals surface area contributed by atoms with Crippen LogP contribution in [0.15, 0.2) is 5.38 Å². The maximum Gasteiger partial charge on any atom is 0.326 e. The number of hydrogen-bond donors (Lipinski definition) is 3. The molecular formula is C14H19NO4S. The quantitative estimate of drug-likeness (QED) is 0.767. The summed E-state index contributed by atoms with van der Waals surface area (Å²) in [6, 6.07) is -1.04. The lowest BCUT2D eigenvalue weighted by atomic mass is 9.88. The topological polar surface area (TPSA) is 86.6 Å². The molecule has 0 spiro atoms. The minimum absolute atomic E-state index is 0.0183. The Hall–Kier alpha value is -1.40. The number of aliphatic hydroxyl groups is 1. The van der Waals surface area contributed by atoms with Crippen LogP contribution in [-0.2, 0) is 17.6 Å². The Labute approximate surface area is 121 Å². The zero-order valence-electron chi connectivity index (χ0n) is 11.4. The van der Waals surface area contributed by atoms with E-state index in [0.717, 1.165) is 24.8 Å². The number of hydrogen-bond acceptors (Lipinski definition) is 4. The van der Waals surface area contributed by atoms with Crippen LogP contribution in [0.2, 0.25) is 0 Å². The second-order valence-electron chi connectivity index (χ2n) is 5.28. The van der Waals surface area contributed by atoms with Gasteiger partial charge in [-0.15, -0.1) is 11.3 Å². The second-order valence-corrected chi connectivity index (χ2v) is 6.24. The van der Waals surface area contributed by atoms with Gasteiger partial charge in [-0.25, -0.2) is 4.79 Å². The van der Waals surface area contributed by atoms with Gasteiger partial charge in [0, 0.05) is 23.3 Å². The number of aliphatic hydroxyl groups excluding tert-OH is 1. The lowest BCUT2D eigenvalue weighted by Crippen LogP contribution is -2.41. The largest absolute Gasteiger partial charge is 0.480 e. The van der Waals surface area contributed by atoms with Crippen molar-refractivity contribution in [2.45, 2.75) is 38.6 Å². The first-order valence-electron chi connectivity index (χ1n) is 6.76. The maximum absolute atomic E-state index is 12.2. The molecule has 0 saturated heterocycles. The highest BCUT2D eigenvalue weighted by Gasteiger charge is 2.26. The van der Waals surface area contributed by atoms with E-state index >= 15 is 0 Å². The van der Waals surface area contributed by atoms with Gasteiger partial charge in [0.05, 0.1) is 5.56 Å². The molecule has 0 fully saturated rings. The predicted molar refractivity (Wildman–Crippen MR) is 76.1 cm³/mol. The van der Waals surface area contributed by atoms with E-state index in [-0.39, 0.29) is 18.9 Å². The van der Waals surface area contributed by atoms with Crippen molar-refractivity contribution in [1.29, 1.82) is 0 Å². The molecule has 1 aliphatic rings. The van der Waals surface area contributed by atoms with E-state index in [2.05, 4.69) is 12.2 Å². The molecule has 2 atom stereocenters. The Morgan fingerprint density at radius 1 is 1.55 bits per heavy atom. The van der Waals surface area contributed by atoms with Crippen molar-refractivity contribution in [2.24, 2.45) is 5.92 Å². The third kappa shape index (κ3) is 3.19. The molecule has 0 radical (unpaired) electrons. The van der Waals surface area contributed by atoms with Crippen LogP contribution >= 0.6 is 11.3 Å². The first kappa shape index (κ1) is 15.0. The molecule has 1 unspecified atom stereocenters. The van der Waals surface area contributed by atoms with Crippen molar-refractivity contribution in [3.8, 4) is 0 Å². The van der Waals surface area contributed by atoms with Gasteiger partial charge in [-0.3, -0.25) is 4.79 Å². The zero-order chi connectivity index (χ0) is 14.7. The highest BCUT2D eigenvalue weighted by molar-refractivity contribution is 7.10. The van der Waals surface area contributed by atoms with Gasteiger partial charge >= 0.3 is 5.97 Å². The number of fused-ring (bicyclic) bond motifs is 1. The van der Waals surface area contributed by atoms with Crippen LogP contribution in [0, 0.1) is 5.92 Å². The number of carboxylic acid groups (broad SMARTS) is 1. The number of thiophene rings is 1. The second kappa shape index (κ2) is 6.37. The fraction of sp³-hybridized carbons (Fsp3) is 0.571. The average Bonchev–Trinajstić information content (AvgIpc) is 2.80. The number of carbonyl (C=O) groups is 2. The Bertz CT molecular complexity index is 511. The molecule has 5 nitrogen and oxygen atoms in total. The van der Waals surface area contributed by atoms with Crippen molar-refractivity contribution in [2.75, 3.05) is 6.61 Å². The monoisotopic (exact) mass is 297 g/mol. The van der Waals surface area contributed by atoms with Gasteiger partial charge in [-0.2, -0.15) is 0 Å². The summed E-state index contributed by atoms with van der Waals surface area (Å²) in [5.41, 5.74) is 1.67. The van der Waals surface area contributed by atoms with Gasteiger partial charge in [0.2, 0.25) is 0 Å². The number of carboxylic acids is 1. The average molecular weight is 297 g/mol. The molecule has 0 aliphatic heterocycles. The van der Waals surface area contributed by atoms with Crippen molar-refractivity contribution in [3.63, 3.8) is 0 Å². The molecule has 2 rings (SSSR count). The molecule has 0 aromatic carbocycles. The number of carbonyl (C=O) groups excluding carboxylic acids is 1. The highest BCUT2D eigenvalue weighted by Crippen LogP contribution is 2.32. The maximum atomic E-state index is 12.2. The summed E-state index contributed by atoms with van der Waals surface area (Å²) >= 11 is 1.58. The molecule has 1 aromatic heterocycles. The number of nitrogens with one attached hydrogen (secondary N) is 1. The van der Waals surface area contributed by atoms with E-state index in [1.807, 2.05) is 5.38 Å². The van der Waals surface area contributed by atoms with Gasteiger partial charge < -0.3 is 15.5 Å². The van der Waals surface area contributed by atoms with Crippen LogP contribution in [0.1, 0.15) is 40.6 Å². The molecule has 20 heavy (non-hydrogen) atoms. The third-order valence-corrected chi connectivity index (χ3v) is 4.72. The number of aliphatic carboxylic acids is 1. The fourth-order valence-corrected chi connectivity index (χ4v) is 3.73. The van der Waals surface area contributed by atoms with E-state index in [0.29, 0.717) is 11.5 Å². The summed E-state index contributed by atoms with van der Waals surface area (Å²) in [5.74, 6) is -0.832. The van der Waals surface area contributed by atoms with Crippen LogP contribution in [0.3, 0.4) is 0 Å².